The van der Waals surface area contributed by atoms with Gasteiger partial charge in [-0.2, -0.15) is 5.10 Å². The van der Waals surface area contributed by atoms with E-state index in [2.05, 4.69) is 15.4 Å². The Bertz CT molecular complexity index is 1210. The Morgan fingerprint density at radius 3 is 2.75 bits per heavy atom. The largest absolute Gasteiger partial charge is 0.309 e. The van der Waals surface area contributed by atoms with E-state index in [1.807, 2.05) is 50.2 Å². The van der Waals surface area contributed by atoms with E-state index in [0.29, 0.717) is 16.0 Å². The number of hydrogen-bond donors (Lipinski definition) is 1. The van der Waals surface area contributed by atoms with E-state index in [9.17, 15) is 9.59 Å². The molecule has 0 atom stereocenters. The van der Waals surface area contributed by atoms with Gasteiger partial charge in [-0.25, -0.2) is 9.67 Å². The van der Waals surface area contributed by atoms with Crippen LogP contribution in [0.2, 0.25) is 0 Å². The molecule has 7 nitrogen and oxygen atoms in total. The number of amides is 1. The maximum absolute atomic E-state index is 12.7. The topological polar surface area (TPSA) is 81.8 Å². The number of rotatable bonds is 5. The highest BCUT2D eigenvalue weighted by atomic mass is 32.1. The number of nitrogens with one attached hydrogen (secondary N) is 1. The predicted molar refractivity (Wildman–Crippen MR) is 110 cm³/mol. The molecule has 1 aromatic carbocycles. The lowest BCUT2D eigenvalue weighted by Gasteiger charge is -2.09. The molecule has 0 spiro atoms. The Kier molecular flexibility index (Phi) is 4.79. The number of aryl methyl sites for hydroxylation is 2. The molecule has 8 heteroatoms. The molecule has 0 saturated carbocycles. The maximum atomic E-state index is 12.7. The van der Waals surface area contributed by atoms with Crippen molar-refractivity contribution in [3.05, 3.63) is 69.7 Å². The molecular formula is C20H19N5O2S. The summed E-state index contributed by atoms with van der Waals surface area (Å²) in [5.41, 5.74) is 1.42. The van der Waals surface area contributed by atoms with Gasteiger partial charge in [-0.3, -0.25) is 14.2 Å². The number of benzene rings is 1. The van der Waals surface area contributed by atoms with Crippen molar-refractivity contribution in [3.63, 3.8) is 0 Å². The molecular weight excluding hydrogens is 374 g/mol. The Labute approximate surface area is 165 Å². The normalized spacial score (nSPS) is 11.1. The summed E-state index contributed by atoms with van der Waals surface area (Å²) in [4.78, 5) is 31.4. The lowest BCUT2D eigenvalue weighted by Crippen LogP contribution is -2.28. The van der Waals surface area contributed by atoms with Gasteiger partial charge in [0.05, 0.1) is 23.1 Å². The van der Waals surface area contributed by atoms with Crippen LogP contribution in [0.25, 0.3) is 15.9 Å². The van der Waals surface area contributed by atoms with Crippen LogP contribution in [0.15, 0.2) is 53.6 Å². The number of hydrogen-bond acceptors (Lipinski definition) is 5. The molecule has 28 heavy (non-hydrogen) atoms. The highest BCUT2D eigenvalue weighted by Gasteiger charge is 2.14. The van der Waals surface area contributed by atoms with Crippen molar-refractivity contribution in [2.75, 3.05) is 5.32 Å². The molecule has 0 saturated heterocycles. The van der Waals surface area contributed by atoms with Crippen LogP contribution in [-0.2, 0) is 17.8 Å². The fourth-order valence-corrected chi connectivity index (χ4v) is 3.91. The van der Waals surface area contributed by atoms with E-state index in [1.54, 1.807) is 10.7 Å². The molecule has 1 amide bonds. The average Bonchev–Trinajstić information content (AvgIpc) is 3.28. The lowest BCUT2D eigenvalue weighted by atomic mass is 10.3. The molecule has 0 aliphatic rings. The second-order valence-electron chi connectivity index (χ2n) is 6.43. The Morgan fingerprint density at radius 2 is 2.00 bits per heavy atom. The number of fused-ring (bicyclic) bond motifs is 1. The zero-order valence-electron chi connectivity index (χ0n) is 15.5. The summed E-state index contributed by atoms with van der Waals surface area (Å²) in [5, 5.41) is 7.84. The first-order valence-electron chi connectivity index (χ1n) is 8.95. The van der Waals surface area contributed by atoms with E-state index in [-0.39, 0.29) is 18.0 Å². The molecule has 0 aliphatic carbocycles. The van der Waals surface area contributed by atoms with Crippen LogP contribution >= 0.6 is 11.3 Å². The monoisotopic (exact) mass is 393 g/mol. The van der Waals surface area contributed by atoms with E-state index >= 15 is 0 Å². The first kappa shape index (κ1) is 18.1. The van der Waals surface area contributed by atoms with Crippen molar-refractivity contribution in [1.82, 2.24) is 19.3 Å². The van der Waals surface area contributed by atoms with Crippen molar-refractivity contribution in [1.29, 1.82) is 0 Å². The summed E-state index contributed by atoms with van der Waals surface area (Å²) in [6, 6.07) is 13.2. The summed E-state index contributed by atoms with van der Waals surface area (Å²) in [5.74, 6) is 0.242. The predicted octanol–water partition coefficient (Wildman–Crippen LogP) is 3.15. The van der Waals surface area contributed by atoms with Crippen LogP contribution in [0.4, 0.5) is 5.82 Å². The molecule has 4 aromatic rings. The first-order chi connectivity index (χ1) is 13.5. The minimum Gasteiger partial charge on any atom is -0.309 e. The minimum absolute atomic E-state index is 0.113. The molecule has 3 heterocycles. The van der Waals surface area contributed by atoms with Gasteiger partial charge in [-0.15, -0.1) is 11.3 Å². The van der Waals surface area contributed by atoms with Crippen molar-refractivity contribution >= 4 is 33.3 Å². The van der Waals surface area contributed by atoms with Gasteiger partial charge < -0.3 is 5.32 Å². The Hall–Kier alpha value is -3.26. The summed E-state index contributed by atoms with van der Waals surface area (Å²) in [6.45, 7) is 3.78. The summed E-state index contributed by atoms with van der Waals surface area (Å²) in [7, 11) is 0. The number of carbonyl (C=O) groups excluding carboxylic acids is 1. The molecule has 0 bridgehead atoms. The van der Waals surface area contributed by atoms with Gasteiger partial charge in [0, 0.05) is 10.9 Å². The molecule has 142 valence electrons. The smallest absolute Gasteiger partial charge is 0.262 e. The van der Waals surface area contributed by atoms with Crippen LogP contribution < -0.4 is 10.9 Å². The second-order valence-corrected chi connectivity index (χ2v) is 7.54. The Morgan fingerprint density at radius 1 is 1.21 bits per heavy atom. The average molecular weight is 393 g/mol. The van der Waals surface area contributed by atoms with Gasteiger partial charge in [0.25, 0.3) is 5.56 Å². The van der Waals surface area contributed by atoms with Crippen LogP contribution in [0.3, 0.4) is 0 Å². The van der Waals surface area contributed by atoms with Crippen molar-refractivity contribution < 1.29 is 4.79 Å². The van der Waals surface area contributed by atoms with Crippen LogP contribution in [0.5, 0.6) is 0 Å². The third-order valence-electron chi connectivity index (χ3n) is 4.33. The highest BCUT2D eigenvalue weighted by molar-refractivity contribution is 7.18. The number of nitrogens with zero attached hydrogens (tertiary/aromatic N) is 4. The van der Waals surface area contributed by atoms with Crippen molar-refractivity contribution in [3.8, 4) is 5.69 Å². The van der Waals surface area contributed by atoms with E-state index < -0.39 is 0 Å². The maximum Gasteiger partial charge on any atom is 0.262 e. The van der Waals surface area contributed by atoms with Crippen LogP contribution in [0.1, 0.15) is 17.5 Å². The standard InChI is InChI=1S/C20H19N5O2S/c1-3-15-10-16-19(28-15)21-12-24(20(16)27)11-18(26)22-17-9-13(2)23-25(17)14-7-5-4-6-8-14/h4-10,12H,3,11H2,1-2H3,(H,22,26). The summed E-state index contributed by atoms with van der Waals surface area (Å²) < 4.78 is 3.00. The zero-order chi connectivity index (χ0) is 19.7. The van der Waals surface area contributed by atoms with Gasteiger partial charge in [0.15, 0.2) is 0 Å². The number of carbonyl (C=O) groups is 1. The lowest BCUT2D eigenvalue weighted by molar-refractivity contribution is -0.116. The third kappa shape index (κ3) is 3.46. The molecule has 3 aromatic heterocycles. The zero-order valence-corrected chi connectivity index (χ0v) is 16.4. The number of thiophene rings is 1. The number of para-hydroxylation sites is 1. The van der Waals surface area contributed by atoms with Crippen molar-refractivity contribution in [2.45, 2.75) is 26.8 Å². The number of aromatic nitrogens is 4. The quantitative estimate of drug-likeness (QED) is 0.565. The molecule has 0 radical (unpaired) electrons. The van der Waals surface area contributed by atoms with Gasteiger partial charge >= 0.3 is 0 Å². The van der Waals surface area contributed by atoms with E-state index in [1.165, 1.54) is 22.2 Å². The Balaban J connectivity index is 1.58. The van der Waals surface area contributed by atoms with Crippen molar-refractivity contribution in [2.24, 2.45) is 0 Å². The van der Waals surface area contributed by atoms with Crippen LogP contribution in [0, 0.1) is 6.92 Å². The number of anilines is 1. The van der Waals surface area contributed by atoms with E-state index in [0.717, 1.165) is 22.7 Å². The van der Waals surface area contributed by atoms with Gasteiger partial charge in [0.1, 0.15) is 17.2 Å². The fourth-order valence-electron chi connectivity index (χ4n) is 2.99. The minimum atomic E-state index is -0.314. The molecule has 0 unspecified atom stereocenters. The fraction of sp³-hybridized carbons (Fsp3) is 0.200. The van der Waals surface area contributed by atoms with Gasteiger partial charge in [-0.1, -0.05) is 25.1 Å². The van der Waals surface area contributed by atoms with Crippen LogP contribution in [-0.4, -0.2) is 25.2 Å². The molecule has 0 aliphatic heterocycles. The van der Waals surface area contributed by atoms with Gasteiger partial charge in [0.2, 0.25) is 5.91 Å². The first-order valence-corrected chi connectivity index (χ1v) is 9.76. The van der Waals surface area contributed by atoms with E-state index in [4.69, 9.17) is 0 Å². The third-order valence-corrected chi connectivity index (χ3v) is 5.52. The summed E-state index contributed by atoms with van der Waals surface area (Å²) in [6.07, 6.45) is 2.28. The molecule has 0 fully saturated rings. The highest BCUT2D eigenvalue weighted by Crippen LogP contribution is 2.21. The van der Waals surface area contributed by atoms with Gasteiger partial charge in [-0.05, 0) is 31.5 Å². The SMILES string of the molecule is CCc1cc2c(=O)n(CC(=O)Nc3cc(C)nn3-c3ccccc3)cnc2s1. The second kappa shape index (κ2) is 7.40. The summed E-state index contributed by atoms with van der Waals surface area (Å²) >= 11 is 1.51. The molecule has 1 N–H and O–H groups in total. The molecule has 4 rings (SSSR count).